The topological polar surface area (TPSA) is 66.4 Å². The first-order chi connectivity index (χ1) is 10.1. The Kier molecular flexibility index (Phi) is 3.99. The van der Waals surface area contributed by atoms with Crippen LogP contribution >= 0.6 is 33.9 Å². The summed E-state index contributed by atoms with van der Waals surface area (Å²) in [7, 11) is 0. The van der Waals surface area contributed by atoms with Gasteiger partial charge in [-0.3, -0.25) is 4.79 Å². The average Bonchev–Trinajstić information content (AvgIpc) is 2.98. The highest BCUT2D eigenvalue weighted by atomic mass is 127. The number of rotatable bonds is 3. The van der Waals surface area contributed by atoms with Crippen molar-refractivity contribution >= 4 is 50.8 Å². The molecule has 0 spiro atoms. The molecule has 0 aliphatic heterocycles. The Hall–Kier alpha value is -1.41. The second-order valence-corrected chi connectivity index (χ2v) is 7.07. The van der Waals surface area contributed by atoms with Gasteiger partial charge in [0.1, 0.15) is 5.00 Å². The number of benzene rings is 1. The summed E-state index contributed by atoms with van der Waals surface area (Å²) in [6.45, 7) is 0. The average molecular weight is 413 g/mol. The van der Waals surface area contributed by atoms with E-state index in [1.807, 2.05) is 12.1 Å². The summed E-state index contributed by atoms with van der Waals surface area (Å²) in [5.74, 6) is -1.23. The van der Waals surface area contributed by atoms with Crippen molar-refractivity contribution in [1.82, 2.24) is 0 Å². The summed E-state index contributed by atoms with van der Waals surface area (Å²) in [5.41, 5.74) is 1.72. The molecule has 0 saturated heterocycles. The quantitative estimate of drug-likeness (QED) is 0.753. The molecule has 1 amide bonds. The van der Waals surface area contributed by atoms with Gasteiger partial charge in [-0.2, -0.15) is 0 Å². The number of carboxylic acid groups (broad SMARTS) is 1. The normalized spacial score (nSPS) is 13.0. The van der Waals surface area contributed by atoms with Crippen LogP contribution in [0.1, 0.15) is 37.6 Å². The molecule has 0 radical (unpaired) electrons. The number of fused-ring (bicyclic) bond motifs is 1. The van der Waals surface area contributed by atoms with Crippen LogP contribution in [0.2, 0.25) is 0 Å². The summed E-state index contributed by atoms with van der Waals surface area (Å²) in [4.78, 5) is 24.9. The first-order valence-corrected chi connectivity index (χ1v) is 8.41. The number of anilines is 1. The molecule has 3 rings (SSSR count). The van der Waals surface area contributed by atoms with Crippen molar-refractivity contribution in [3.8, 4) is 0 Å². The number of aryl methyl sites for hydroxylation is 1. The van der Waals surface area contributed by atoms with E-state index in [2.05, 4.69) is 27.9 Å². The lowest BCUT2D eigenvalue weighted by molar-refractivity contribution is 0.0697. The summed E-state index contributed by atoms with van der Waals surface area (Å²) in [6.07, 6.45) is 2.68. The lowest BCUT2D eigenvalue weighted by Gasteiger charge is -2.07. The van der Waals surface area contributed by atoms with Crippen molar-refractivity contribution in [2.24, 2.45) is 0 Å². The molecule has 0 atom stereocenters. The number of amides is 1. The Morgan fingerprint density at radius 1 is 1.24 bits per heavy atom. The zero-order valence-electron chi connectivity index (χ0n) is 11.0. The molecular formula is C15H12INO3S. The Balaban J connectivity index is 1.94. The largest absolute Gasteiger partial charge is 0.478 e. The van der Waals surface area contributed by atoms with E-state index in [1.165, 1.54) is 11.3 Å². The second-order valence-electron chi connectivity index (χ2n) is 4.80. The van der Waals surface area contributed by atoms with Crippen molar-refractivity contribution in [3.05, 3.63) is 49.4 Å². The van der Waals surface area contributed by atoms with Gasteiger partial charge in [0, 0.05) is 8.45 Å². The molecule has 1 heterocycles. The van der Waals surface area contributed by atoms with Gasteiger partial charge >= 0.3 is 5.97 Å². The minimum Gasteiger partial charge on any atom is -0.478 e. The molecule has 0 saturated carbocycles. The van der Waals surface area contributed by atoms with Gasteiger partial charge in [0.2, 0.25) is 0 Å². The number of hydrogen-bond donors (Lipinski definition) is 2. The second kappa shape index (κ2) is 5.76. The molecule has 1 aromatic heterocycles. The number of aromatic carboxylic acids is 1. The molecule has 1 aromatic carbocycles. The fraction of sp³-hybridized carbons (Fsp3) is 0.200. The summed E-state index contributed by atoms with van der Waals surface area (Å²) in [6, 6.07) is 7.24. The summed E-state index contributed by atoms with van der Waals surface area (Å²) < 4.78 is 0.841. The first kappa shape index (κ1) is 14.5. The Bertz CT molecular complexity index is 739. The maximum absolute atomic E-state index is 12.3. The highest BCUT2D eigenvalue weighted by molar-refractivity contribution is 14.1. The molecule has 0 unspecified atom stereocenters. The van der Waals surface area contributed by atoms with Crippen LogP contribution in [0.3, 0.4) is 0 Å². The molecule has 1 aliphatic rings. The van der Waals surface area contributed by atoms with Gasteiger partial charge < -0.3 is 10.4 Å². The zero-order chi connectivity index (χ0) is 15.0. The molecule has 108 valence electrons. The van der Waals surface area contributed by atoms with Gasteiger partial charge in [0.15, 0.2) is 0 Å². The molecule has 2 N–H and O–H groups in total. The molecule has 4 nitrogen and oxygen atoms in total. The lowest BCUT2D eigenvalue weighted by Crippen LogP contribution is -2.15. The van der Waals surface area contributed by atoms with Gasteiger partial charge in [-0.25, -0.2) is 4.79 Å². The van der Waals surface area contributed by atoms with Crippen LogP contribution in [0.4, 0.5) is 5.00 Å². The Labute approximate surface area is 139 Å². The fourth-order valence-corrected chi connectivity index (χ4v) is 4.44. The number of halogens is 1. The van der Waals surface area contributed by atoms with Gasteiger partial charge in [-0.15, -0.1) is 11.3 Å². The van der Waals surface area contributed by atoms with Gasteiger partial charge in [0.25, 0.3) is 5.91 Å². The summed E-state index contributed by atoms with van der Waals surface area (Å²) >= 11 is 3.49. The first-order valence-electron chi connectivity index (χ1n) is 6.51. The zero-order valence-corrected chi connectivity index (χ0v) is 14.0. The van der Waals surface area contributed by atoms with Gasteiger partial charge in [0.05, 0.1) is 11.1 Å². The molecule has 6 heteroatoms. The number of carbonyl (C=O) groups excluding carboxylic acids is 1. The van der Waals surface area contributed by atoms with Crippen LogP contribution in [0.5, 0.6) is 0 Å². The smallest absolute Gasteiger partial charge is 0.339 e. The number of nitrogens with one attached hydrogen (secondary N) is 1. The predicted molar refractivity (Wildman–Crippen MR) is 90.4 cm³/mol. The van der Waals surface area contributed by atoms with Crippen LogP contribution in [-0.4, -0.2) is 17.0 Å². The van der Waals surface area contributed by atoms with E-state index >= 15 is 0 Å². The Morgan fingerprint density at radius 3 is 2.71 bits per heavy atom. The Morgan fingerprint density at radius 2 is 2.00 bits per heavy atom. The van der Waals surface area contributed by atoms with Crippen LogP contribution in [0, 0.1) is 3.57 Å². The molecular weight excluding hydrogens is 401 g/mol. The minimum absolute atomic E-state index is 0.262. The van der Waals surface area contributed by atoms with Crippen LogP contribution in [-0.2, 0) is 12.8 Å². The standard InChI is InChI=1S/C15H12INO3S/c16-10-6-2-1-4-8(10)13(18)17-14-12(15(19)20)9-5-3-7-11(9)21-14/h1-2,4,6H,3,5,7H2,(H,17,18)(H,19,20). The third-order valence-corrected chi connectivity index (χ3v) is 5.63. The SMILES string of the molecule is O=C(Nc1sc2c(c1C(=O)O)CCC2)c1ccccc1I. The van der Waals surface area contributed by atoms with E-state index in [1.54, 1.807) is 12.1 Å². The molecule has 1 aliphatic carbocycles. The number of carboxylic acids is 1. The third-order valence-electron chi connectivity index (χ3n) is 3.48. The van der Waals surface area contributed by atoms with E-state index in [9.17, 15) is 14.7 Å². The van der Waals surface area contributed by atoms with E-state index < -0.39 is 5.97 Å². The van der Waals surface area contributed by atoms with E-state index in [-0.39, 0.29) is 11.5 Å². The molecule has 2 aromatic rings. The van der Waals surface area contributed by atoms with Crippen molar-refractivity contribution in [3.63, 3.8) is 0 Å². The van der Waals surface area contributed by atoms with Crippen molar-refractivity contribution in [2.45, 2.75) is 19.3 Å². The summed E-state index contributed by atoms with van der Waals surface area (Å²) in [5, 5.41) is 12.6. The van der Waals surface area contributed by atoms with Crippen molar-refractivity contribution in [1.29, 1.82) is 0 Å². The van der Waals surface area contributed by atoms with Crippen molar-refractivity contribution in [2.75, 3.05) is 5.32 Å². The number of hydrogen-bond acceptors (Lipinski definition) is 3. The minimum atomic E-state index is -0.965. The highest BCUT2D eigenvalue weighted by Gasteiger charge is 2.27. The van der Waals surface area contributed by atoms with E-state index in [0.717, 1.165) is 33.3 Å². The van der Waals surface area contributed by atoms with E-state index in [0.29, 0.717) is 10.6 Å². The number of carbonyl (C=O) groups is 2. The fourth-order valence-electron chi connectivity index (χ4n) is 2.53. The third kappa shape index (κ3) is 2.69. The van der Waals surface area contributed by atoms with Crippen LogP contribution in [0.25, 0.3) is 0 Å². The molecule has 0 bridgehead atoms. The van der Waals surface area contributed by atoms with Crippen LogP contribution < -0.4 is 5.32 Å². The lowest BCUT2D eigenvalue weighted by atomic mass is 10.1. The maximum atomic E-state index is 12.3. The number of thiophene rings is 1. The van der Waals surface area contributed by atoms with E-state index in [4.69, 9.17) is 0 Å². The maximum Gasteiger partial charge on any atom is 0.339 e. The molecule has 21 heavy (non-hydrogen) atoms. The van der Waals surface area contributed by atoms with Gasteiger partial charge in [-0.05, 0) is 59.5 Å². The molecule has 0 fully saturated rings. The van der Waals surface area contributed by atoms with Crippen molar-refractivity contribution < 1.29 is 14.7 Å². The van der Waals surface area contributed by atoms with Gasteiger partial charge in [-0.1, -0.05) is 12.1 Å². The predicted octanol–water partition coefficient (Wildman–Crippen LogP) is 3.79. The highest BCUT2D eigenvalue weighted by Crippen LogP contribution is 2.39. The van der Waals surface area contributed by atoms with Crippen LogP contribution in [0.15, 0.2) is 24.3 Å². The monoisotopic (exact) mass is 413 g/mol.